The molecule has 8 heteroatoms. The molecule has 3 rings (SSSR count). The van der Waals surface area contributed by atoms with E-state index in [4.69, 9.17) is 4.74 Å². The van der Waals surface area contributed by atoms with Gasteiger partial charge in [0.05, 0.1) is 32.8 Å². The Morgan fingerprint density at radius 2 is 2.00 bits per heavy atom. The van der Waals surface area contributed by atoms with Gasteiger partial charge in [-0.15, -0.1) is 0 Å². The molecule has 0 amide bonds. The lowest BCUT2D eigenvalue weighted by Crippen LogP contribution is -3.13. The average molecular weight is 356 g/mol. The zero-order valence-electron chi connectivity index (χ0n) is 14.3. The maximum absolute atomic E-state index is 12.6. The fourth-order valence-corrected chi connectivity index (χ4v) is 4.72. The number of nitrogens with one attached hydrogen (secondary N) is 3. The molecule has 1 aromatic heterocycles. The van der Waals surface area contributed by atoms with Gasteiger partial charge in [-0.2, -0.15) is 4.31 Å². The van der Waals surface area contributed by atoms with Crippen LogP contribution in [0, 0.1) is 0 Å². The molecule has 3 heterocycles. The number of morpholine rings is 1. The molecule has 2 saturated heterocycles. The highest BCUT2D eigenvalue weighted by molar-refractivity contribution is 7.89. The normalized spacial score (nSPS) is 26.2. The van der Waals surface area contributed by atoms with Crippen LogP contribution in [-0.2, 0) is 14.8 Å². The quantitative estimate of drug-likeness (QED) is 0.710. The Labute approximate surface area is 144 Å². The minimum absolute atomic E-state index is 0.306. The fraction of sp³-hybridized carbons (Fsp3) is 0.688. The van der Waals surface area contributed by atoms with Crippen LogP contribution in [0.15, 0.2) is 23.2 Å². The second-order valence-electron chi connectivity index (χ2n) is 6.48. The van der Waals surface area contributed by atoms with Crippen LogP contribution in [0.2, 0.25) is 0 Å². The number of nitrogens with zero attached hydrogens (tertiary/aromatic N) is 1. The molecule has 2 fully saturated rings. The molecule has 2 aliphatic heterocycles. The number of piperidine rings is 1. The van der Waals surface area contributed by atoms with Crippen LogP contribution in [0.25, 0.3) is 0 Å². The number of aromatic nitrogens is 1. The molecule has 0 saturated carbocycles. The second-order valence-corrected chi connectivity index (χ2v) is 8.41. The van der Waals surface area contributed by atoms with Crippen molar-refractivity contribution in [2.75, 3.05) is 51.3 Å². The summed E-state index contributed by atoms with van der Waals surface area (Å²) in [4.78, 5) is 5.06. The van der Waals surface area contributed by atoms with Gasteiger partial charge >= 0.3 is 0 Å². The number of sulfonamides is 1. The van der Waals surface area contributed by atoms with Gasteiger partial charge in [-0.05, 0) is 13.0 Å². The summed E-state index contributed by atoms with van der Waals surface area (Å²) in [5.74, 6) is 0.876. The number of aromatic amines is 1. The van der Waals surface area contributed by atoms with Gasteiger partial charge < -0.3 is 9.64 Å². The maximum Gasteiger partial charge on any atom is 0.272 e. The van der Waals surface area contributed by atoms with Crippen LogP contribution >= 0.6 is 0 Å². The highest BCUT2D eigenvalue weighted by Gasteiger charge is 2.28. The zero-order chi connectivity index (χ0) is 17.0. The first-order valence-electron chi connectivity index (χ1n) is 8.79. The van der Waals surface area contributed by atoms with Crippen molar-refractivity contribution in [2.45, 2.75) is 30.7 Å². The van der Waals surface area contributed by atoms with E-state index >= 15 is 0 Å². The van der Waals surface area contributed by atoms with Crippen molar-refractivity contribution in [3.05, 3.63) is 18.3 Å². The van der Waals surface area contributed by atoms with E-state index in [0.717, 1.165) is 18.7 Å². The highest BCUT2D eigenvalue weighted by atomic mass is 32.2. The molecule has 0 atom stereocenters. The molecule has 0 unspecified atom stereocenters. The summed E-state index contributed by atoms with van der Waals surface area (Å²) >= 11 is 0. The Morgan fingerprint density at radius 3 is 2.58 bits per heavy atom. The predicted octanol–water partition coefficient (Wildman–Crippen LogP) is -0.999. The van der Waals surface area contributed by atoms with E-state index in [1.165, 1.54) is 23.9 Å². The zero-order valence-corrected chi connectivity index (χ0v) is 15.1. The predicted molar refractivity (Wildman–Crippen MR) is 90.5 cm³/mol. The number of hydrogen-bond donors (Lipinski definition) is 2. The molecule has 134 valence electrons. The molecular weight excluding hydrogens is 328 g/mol. The van der Waals surface area contributed by atoms with E-state index in [1.807, 2.05) is 6.07 Å². The minimum Gasteiger partial charge on any atom is -0.379 e. The Kier molecular flexibility index (Phi) is 5.70. The van der Waals surface area contributed by atoms with Gasteiger partial charge in [0.15, 0.2) is 0 Å². The fourth-order valence-electron chi connectivity index (χ4n) is 3.34. The minimum atomic E-state index is -3.43. The van der Waals surface area contributed by atoms with Gasteiger partial charge in [-0.25, -0.2) is 13.4 Å². The largest absolute Gasteiger partial charge is 0.379 e. The first kappa shape index (κ1) is 17.6. The molecule has 0 radical (unpaired) electrons. The van der Waals surface area contributed by atoms with Crippen molar-refractivity contribution in [2.24, 2.45) is 0 Å². The number of likely N-dealkylation sites (tertiary alicyclic amines) is 1. The first-order valence-corrected chi connectivity index (χ1v) is 10.2. The summed E-state index contributed by atoms with van der Waals surface area (Å²) in [6.45, 7) is 7.55. The van der Waals surface area contributed by atoms with E-state index in [-0.39, 0.29) is 0 Å². The Bertz CT molecular complexity index is 621. The Balaban J connectivity index is 1.61. The molecule has 0 aromatic carbocycles. The van der Waals surface area contributed by atoms with E-state index in [9.17, 15) is 8.42 Å². The van der Waals surface area contributed by atoms with Gasteiger partial charge in [0, 0.05) is 32.0 Å². The van der Waals surface area contributed by atoms with Crippen LogP contribution in [-0.4, -0.2) is 64.7 Å². The van der Waals surface area contributed by atoms with E-state index in [0.29, 0.717) is 37.2 Å². The topological polar surface area (TPSA) is 77.2 Å². The SMILES string of the molecule is CC[NH+]1CCC(Nc2ccc(S(=O)(=O)N3CCOCC3)c[nH+]2)CC1. The lowest BCUT2D eigenvalue weighted by Gasteiger charge is -2.26. The van der Waals surface area contributed by atoms with Crippen molar-refractivity contribution in [1.29, 1.82) is 0 Å². The number of pyridine rings is 1. The number of quaternary nitrogens is 1. The van der Waals surface area contributed by atoms with Crippen molar-refractivity contribution in [1.82, 2.24) is 4.31 Å². The van der Waals surface area contributed by atoms with Crippen LogP contribution in [0.4, 0.5) is 5.82 Å². The lowest BCUT2D eigenvalue weighted by atomic mass is 10.1. The number of ether oxygens (including phenoxy) is 1. The van der Waals surface area contributed by atoms with Gasteiger partial charge in [-0.3, -0.25) is 5.32 Å². The molecule has 24 heavy (non-hydrogen) atoms. The molecule has 0 bridgehead atoms. The third-order valence-corrected chi connectivity index (χ3v) is 6.84. The molecular formula is C16H28N4O3S+2. The summed E-state index contributed by atoms with van der Waals surface area (Å²) in [5, 5.41) is 3.49. The smallest absolute Gasteiger partial charge is 0.272 e. The molecule has 0 aliphatic carbocycles. The number of rotatable bonds is 5. The molecule has 1 aromatic rings. The third kappa shape index (κ3) is 4.05. The van der Waals surface area contributed by atoms with E-state index < -0.39 is 10.0 Å². The average Bonchev–Trinajstić information content (AvgIpc) is 2.63. The Morgan fingerprint density at radius 1 is 1.29 bits per heavy atom. The second kappa shape index (κ2) is 7.77. The van der Waals surface area contributed by atoms with Crippen molar-refractivity contribution in [3.8, 4) is 0 Å². The molecule has 7 nitrogen and oxygen atoms in total. The van der Waals surface area contributed by atoms with Crippen LogP contribution < -0.4 is 15.2 Å². The Hall–Kier alpha value is -1.22. The van der Waals surface area contributed by atoms with Crippen LogP contribution in [0.3, 0.4) is 0 Å². The summed E-state index contributed by atoms with van der Waals surface area (Å²) in [6, 6.07) is 3.96. The summed E-state index contributed by atoms with van der Waals surface area (Å²) in [5.41, 5.74) is 0. The van der Waals surface area contributed by atoms with Crippen molar-refractivity contribution in [3.63, 3.8) is 0 Å². The van der Waals surface area contributed by atoms with Gasteiger partial charge in [0.1, 0.15) is 17.1 Å². The van der Waals surface area contributed by atoms with E-state index in [1.54, 1.807) is 17.2 Å². The van der Waals surface area contributed by atoms with E-state index in [2.05, 4.69) is 17.2 Å². The third-order valence-electron chi connectivity index (χ3n) is 4.94. The lowest BCUT2D eigenvalue weighted by molar-refractivity contribution is -0.903. The van der Waals surface area contributed by atoms with Crippen LogP contribution in [0.5, 0.6) is 0 Å². The van der Waals surface area contributed by atoms with Gasteiger partial charge in [-0.1, -0.05) is 0 Å². The number of H-pyrrole nitrogens is 1. The van der Waals surface area contributed by atoms with Gasteiger partial charge in [0.2, 0.25) is 10.0 Å². The molecule has 0 spiro atoms. The maximum atomic E-state index is 12.6. The molecule has 2 aliphatic rings. The summed E-state index contributed by atoms with van der Waals surface area (Å²) in [6.07, 6.45) is 3.87. The van der Waals surface area contributed by atoms with Crippen molar-refractivity contribution >= 4 is 15.8 Å². The van der Waals surface area contributed by atoms with Crippen molar-refractivity contribution < 1.29 is 23.0 Å². The molecule has 3 N–H and O–H groups in total. The van der Waals surface area contributed by atoms with Crippen LogP contribution in [0.1, 0.15) is 19.8 Å². The first-order chi connectivity index (χ1) is 11.6. The number of hydrogen-bond acceptors (Lipinski definition) is 4. The van der Waals surface area contributed by atoms with Gasteiger partial charge in [0.25, 0.3) is 5.82 Å². The monoisotopic (exact) mass is 356 g/mol. The summed E-state index contributed by atoms with van der Waals surface area (Å²) in [7, 11) is -3.43. The standard InChI is InChI=1S/C16H26N4O3S/c1-2-19-7-5-14(6-8-19)18-16-4-3-15(13-17-16)24(21,22)20-9-11-23-12-10-20/h3-4,13-14H,2,5-12H2,1H3,(H,17,18)/p+2. The highest BCUT2D eigenvalue weighted by Crippen LogP contribution is 2.16. The number of anilines is 1. The summed E-state index contributed by atoms with van der Waals surface area (Å²) < 4.78 is 31.9.